The Hall–Kier alpha value is -1.23. The van der Waals surface area contributed by atoms with Crippen molar-refractivity contribution in [2.24, 2.45) is 5.73 Å². The van der Waals surface area contributed by atoms with Crippen LogP contribution in [0.4, 0.5) is 13.2 Å². The summed E-state index contributed by atoms with van der Waals surface area (Å²) < 4.78 is 42.6. The lowest BCUT2D eigenvalue weighted by Crippen LogP contribution is -2.38. The van der Waals surface area contributed by atoms with Gasteiger partial charge in [-0.05, 0) is 44.5 Å². The topological polar surface area (TPSA) is 35.2 Å². The van der Waals surface area contributed by atoms with E-state index in [0.29, 0.717) is 11.3 Å². The Balaban J connectivity index is 2.84. The van der Waals surface area contributed by atoms with Crippen molar-refractivity contribution in [2.45, 2.75) is 32.5 Å². The van der Waals surface area contributed by atoms with Crippen molar-refractivity contribution in [1.82, 2.24) is 0 Å². The van der Waals surface area contributed by atoms with Crippen molar-refractivity contribution in [1.29, 1.82) is 0 Å². The summed E-state index contributed by atoms with van der Waals surface area (Å²) in [6.45, 7) is 5.39. The summed E-state index contributed by atoms with van der Waals surface area (Å²) in [5, 5.41) is 0. The molecule has 1 aromatic rings. The quantitative estimate of drug-likeness (QED) is 0.890. The highest BCUT2D eigenvalue weighted by Crippen LogP contribution is 2.32. The fourth-order valence-corrected chi connectivity index (χ4v) is 1.25. The summed E-state index contributed by atoms with van der Waals surface area (Å²) in [7, 11) is 0. The van der Waals surface area contributed by atoms with Gasteiger partial charge >= 0.3 is 6.18 Å². The van der Waals surface area contributed by atoms with Gasteiger partial charge in [-0.1, -0.05) is 0 Å². The van der Waals surface area contributed by atoms with E-state index in [0.717, 1.165) is 12.1 Å². The largest absolute Gasteiger partial charge is 0.491 e. The van der Waals surface area contributed by atoms with Crippen LogP contribution < -0.4 is 10.5 Å². The van der Waals surface area contributed by atoms with Gasteiger partial charge in [-0.25, -0.2) is 0 Å². The molecule has 0 heterocycles. The zero-order valence-corrected chi connectivity index (χ0v) is 10.1. The second-order valence-corrected chi connectivity index (χ2v) is 4.76. The maximum Gasteiger partial charge on any atom is 0.416 e. The van der Waals surface area contributed by atoms with Crippen LogP contribution in [-0.4, -0.2) is 12.1 Å². The molecule has 0 saturated heterocycles. The van der Waals surface area contributed by atoms with Crippen LogP contribution in [0.5, 0.6) is 5.75 Å². The molecular weight excluding hydrogens is 231 g/mol. The molecule has 2 N–H and O–H groups in total. The van der Waals surface area contributed by atoms with Crippen LogP contribution >= 0.6 is 0 Å². The molecule has 0 amide bonds. The van der Waals surface area contributed by atoms with Crippen LogP contribution in [0.3, 0.4) is 0 Å². The molecule has 0 fully saturated rings. The van der Waals surface area contributed by atoms with Crippen molar-refractivity contribution >= 4 is 0 Å². The first kappa shape index (κ1) is 13.8. The van der Waals surface area contributed by atoms with E-state index in [1.165, 1.54) is 6.07 Å². The predicted octanol–water partition coefficient (Wildman–Crippen LogP) is 3.13. The molecule has 2 nitrogen and oxygen atoms in total. The van der Waals surface area contributed by atoms with Gasteiger partial charge < -0.3 is 10.5 Å². The fraction of sp³-hybridized carbons (Fsp3) is 0.500. The molecule has 0 spiro atoms. The van der Waals surface area contributed by atoms with Gasteiger partial charge in [0, 0.05) is 5.54 Å². The molecule has 5 heteroatoms. The minimum absolute atomic E-state index is 0.249. The highest BCUT2D eigenvalue weighted by molar-refractivity contribution is 5.37. The van der Waals surface area contributed by atoms with Crippen molar-refractivity contribution in [3.63, 3.8) is 0 Å². The summed E-state index contributed by atoms with van der Waals surface area (Å²) in [6, 6.07) is 3.40. The normalized spacial score (nSPS) is 12.6. The average Bonchev–Trinajstić information content (AvgIpc) is 2.12. The maximum atomic E-state index is 12.4. The minimum Gasteiger partial charge on any atom is -0.491 e. The second kappa shape index (κ2) is 4.56. The Morgan fingerprint density at radius 2 is 1.82 bits per heavy atom. The molecule has 0 aliphatic heterocycles. The number of alkyl halides is 3. The Bertz CT molecular complexity index is 394. The van der Waals surface area contributed by atoms with Gasteiger partial charge in [0.15, 0.2) is 0 Å². The lowest BCUT2D eigenvalue weighted by molar-refractivity contribution is -0.137. The summed E-state index contributed by atoms with van der Waals surface area (Å²) in [6.07, 6.45) is -4.32. The highest BCUT2D eigenvalue weighted by Gasteiger charge is 2.30. The Morgan fingerprint density at radius 3 is 2.24 bits per heavy atom. The third kappa shape index (κ3) is 4.26. The number of benzene rings is 1. The van der Waals surface area contributed by atoms with Crippen LogP contribution in [-0.2, 0) is 6.18 Å². The molecule has 17 heavy (non-hydrogen) atoms. The predicted molar refractivity (Wildman–Crippen MR) is 59.9 cm³/mol. The first-order valence-electron chi connectivity index (χ1n) is 5.19. The van der Waals surface area contributed by atoms with E-state index in [4.69, 9.17) is 10.5 Å². The molecular formula is C12H16F3NO. The molecule has 0 atom stereocenters. The standard InChI is InChI=1S/C12H16F3NO/c1-8-6-9(12(13,14)15)4-5-10(8)17-7-11(2,3)16/h4-6H,7,16H2,1-3H3. The van der Waals surface area contributed by atoms with Crippen molar-refractivity contribution in [3.05, 3.63) is 29.3 Å². The van der Waals surface area contributed by atoms with E-state index in [2.05, 4.69) is 0 Å². The number of hydrogen-bond donors (Lipinski definition) is 1. The number of nitrogens with two attached hydrogens (primary N) is 1. The third-order valence-electron chi connectivity index (χ3n) is 2.10. The van der Waals surface area contributed by atoms with Gasteiger partial charge in [-0.15, -0.1) is 0 Å². The molecule has 96 valence electrons. The van der Waals surface area contributed by atoms with Crippen LogP contribution in [0.2, 0.25) is 0 Å². The highest BCUT2D eigenvalue weighted by atomic mass is 19.4. The number of rotatable bonds is 3. The van der Waals surface area contributed by atoms with Gasteiger partial charge in [0.25, 0.3) is 0 Å². The molecule has 0 unspecified atom stereocenters. The molecule has 0 aliphatic rings. The Kier molecular flexibility index (Phi) is 3.71. The number of aryl methyl sites for hydroxylation is 1. The summed E-state index contributed by atoms with van der Waals surface area (Å²) >= 11 is 0. The minimum atomic E-state index is -4.32. The molecule has 0 aromatic heterocycles. The summed E-state index contributed by atoms with van der Waals surface area (Å²) in [5.41, 5.74) is 4.99. The molecule has 0 saturated carbocycles. The smallest absolute Gasteiger partial charge is 0.416 e. The molecule has 0 radical (unpaired) electrons. The Morgan fingerprint density at radius 1 is 1.24 bits per heavy atom. The van der Waals surface area contributed by atoms with Crippen molar-refractivity contribution < 1.29 is 17.9 Å². The van der Waals surface area contributed by atoms with Crippen molar-refractivity contribution in [2.75, 3.05) is 6.61 Å². The monoisotopic (exact) mass is 247 g/mol. The lowest BCUT2D eigenvalue weighted by atomic mass is 10.1. The van der Waals surface area contributed by atoms with Gasteiger partial charge in [-0.3, -0.25) is 0 Å². The zero-order valence-electron chi connectivity index (χ0n) is 10.1. The molecule has 1 aromatic carbocycles. The van der Waals surface area contributed by atoms with Crippen LogP contribution in [0.15, 0.2) is 18.2 Å². The maximum absolute atomic E-state index is 12.4. The molecule has 1 rings (SSSR count). The van der Waals surface area contributed by atoms with Crippen LogP contribution in [0.25, 0.3) is 0 Å². The van der Waals surface area contributed by atoms with E-state index in [-0.39, 0.29) is 6.61 Å². The summed E-state index contributed by atoms with van der Waals surface area (Å²) in [4.78, 5) is 0. The number of ether oxygens (including phenoxy) is 1. The Labute approximate surface area is 98.6 Å². The first-order chi connectivity index (χ1) is 7.59. The zero-order chi connectivity index (χ0) is 13.3. The van der Waals surface area contributed by atoms with Crippen molar-refractivity contribution in [3.8, 4) is 5.75 Å². The van der Waals surface area contributed by atoms with Gasteiger partial charge in [0.2, 0.25) is 0 Å². The molecule has 0 bridgehead atoms. The van der Waals surface area contributed by atoms with E-state index in [1.807, 2.05) is 0 Å². The second-order valence-electron chi connectivity index (χ2n) is 4.76. The van der Waals surface area contributed by atoms with Gasteiger partial charge in [-0.2, -0.15) is 13.2 Å². The van der Waals surface area contributed by atoms with Crippen LogP contribution in [0.1, 0.15) is 25.0 Å². The first-order valence-corrected chi connectivity index (χ1v) is 5.19. The number of halogens is 3. The van der Waals surface area contributed by atoms with E-state index in [9.17, 15) is 13.2 Å². The average molecular weight is 247 g/mol. The SMILES string of the molecule is Cc1cc(C(F)(F)F)ccc1OCC(C)(C)N. The van der Waals surface area contributed by atoms with Crippen LogP contribution in [0, 0.1) is 6.92 Å². The summed E-state index contributed by atoms with van der Waals surface area (Å²) in [5.74, 6) is 0.427. The van der Waals surface area contributed by atoms with E-state index in [1.54, 1.807) is 20.8 Å². The third-order valence-corrected chi connectivity index (χ3v) is 2.10. The van der Waals surface area contributed by atoms with E-state index < -0.39 is 17.3 Å². The van der Waals surface area contributed by atoms with E-state index >= 15 is 0 Å². The van der Waals surface area contributed by atoms with Gasteiger partial charge in [0.05, 0.1) is 5.56 Å². The number of hydrogen-bond acceptors (Lipinski definition) is 2. The fourth-order valence-electron chi connectivity index (χ4n) is 1.25. The van der Waals surface area contributed by atoms with Gasteiger partial charge in [0.1, 0.15) is 12.4 Å². The lowest BCUT2D eigenvalue weighted by Gasteiger charge is -2.20. The molecule has 0 aliphatic carbocycles.